The monoisotopic (exact) mass is 381 g/mol. The Kier molecular flexibility index (Phi) is 4.81. The molecule has 4 rings (SSSR count). The molecule has 0 unspecified atom stereocenters. The standard InChI is InChI=1S/C19H23N7O2/c1-13-4-5-15(18(27)21-13)19(28)25-10-6-14(7-11-25)17-23-22-16(24(17)2)12-26-9-3-8-20-26/h3-5,8-9,14H,6-7,10-12H2,1-2H3,(H,21,27). The zero-order valence-corrected chi connectivity index (χ0v) is 16.0. The van der Waals surface area contributed by atoms with E-state index in [-0.39, 0.29) is 22.9 Å². The van der Waals surface area contributed by atoms with Crippen molar-refractivity contribution in [2.75, 3.05) is 13.1 Å². The van der Waals surface area contributed by atoms with Gasteiger partial charge in [-0.05, 0) is 38.0 Å². The fourth-order valence-electron chi connectivity index (χ4n) is 3.66. The lowest BCUT2D eigenvalue weighted by atomic mass is 9.95. The molecule has 4 heterocycles. The molecule has 0 aromatic carbocycles. The van der Waals surface area contributed by atoms with Gasteiger partial charge in [-0.15, -0.1) is 10.2 Å². The first-order chi connectivity index (χ1) is 13.5. The number of aromatic amines is 1. The van der Waals surface area contributed by atoms with Gasteiger partial charge in [0.25, 0.3) is 11.5 Å². The van der Waals surface area contributed by atoms with E-state index < -0.39 is 0 Å². The number of nitrogens with one attached hydrogen (secondary N) is 1. The van der Waals surface area contributed by atoms with Crippen LogP contribution in [0.3, 0.4) is 0 Å². The highest BCUT2D eigenvalue weighted by Gasteiger charge is 2.28. The molecule has 0 atom stereocenters. The molecular formula is C19H23N7O2. The molecule has 3 aromatic heterocycles. The molecule has 1 amide bonds. The van der Waals surface area contributed by atoms with Crippen LogP contribution in [0.1, 0.15) is 46.5 Å². The second-order valence-electron chi connectivity index (χ2n) is 7.19. The summed E-state index contributed by atoms with van der Waals surface area (Å²) in [6.45, 7) is 3.56. The number of hydrogen-bond donors (Lipinski definition) is 1. The molecule has 1 saturated heterocycles. The van der Waals surface area contributed by atoms with Crippen molar-refractivity contribution in [2.24, 2.45) is 7.05 Å². The van der Waals surface area contributed by atoms with Gasteiger partial charge in [-0.1, -0.05) is 0 Å². The first-order valence-electron chi connectivity index (χ1n) is 9.37. The fraction of sp³-hybridized carbons (Fsp3) is 0.421. The summed E-state index contributed by atoms with van der Waals surface area (Å²) in [7, 11) is 1.97. The molecule has 0 bridgehead atoms. The molecule has 1 aliphatic rings. The molecule has 9 heteroatoms. The van der Waals surface area contributed by atoms with Crippen molar-refractivity contribution >= 4 is 5.91 Å². The summed E-state index contributed by atoms with van der Waals surface area (Å²) >= 11 is 0. The van der Waals surface area contributed by atoms with E-state index in [1.54, 1.807) is 30.2 Å². The Morgan fingerprint density at radius 2 is 2.04 bits per heavy atom. The van der Waals surface area contributed by atoms with Gasteiger partial charge in [0, 0.05) is 44.1 Å². The molecule has 0 spiro atoms. The van der Waals surface area contributed by atoms with Crippen LogP contribution in [0.2, 0.25) is 0 Å². The number of aryl methyl sites for hydroxylation is 1. The number of nitrogens with zero attached hydrogens (tertiary/aromatic N) is 6. The molecule has 1 aliphatic heterocycles. The van der Waals surface area contributed by atoms with E-state index >= 15 is 0 Å². The third kappa shape index (κ3) is 3.47. The Hall–Kier alpha value is -3.23. The number of H-pyrrole nitrogens is 1. The first kappa shape index (κ1) is 18.1. The minimum absolute atomic E-state index is 0.198. The molecule has 146 valence electrons. The Bertz CT molecular complexity index is 1030. The molecule has 28 heavy (non-hydrogen) atoms. The zero-order valence-electron chi connectivity index (χ0n) is 16.0. The third-order valence-corrected chi connectivity index (χ3v) is 5.29. The van der Waals surface area contributed by atoms with Gasteiger partial charge in [0.1, 0.15) is 17.9 Å². The van der Waals surface area contributed by atoms with Gasteiger partial charge in [0.2, 0.25) is 0 Å². The van der Waals surface area contributed by atoms with Crippen molar-refractivity contribution in [3.63, 3.8) is 0 Å². The van der Waals surface area contributed by atoms with Crippen LogP contribution in [0.15, 0.2) is 35.4 Å². The zero-order chi connectivity index (χ0) is 19.7. The van der Waals surface area contributed by atoms with Crippen molar-refractivity contribution < 1.29 is 4.79 Å². The Morgan fingerprint density at radius 3 is 2.71 bits per heavy atom. The van der Waals surface area contributed by atoms with Crippen molar-refractivity contribution in [3.05, 3.63) is 63.9 Å². The lowest BCUT2D eigenvalue weighted by molar-refractivity contribution is 0.0708. The second kappa shape index (κ2) is 7.41. The number of piperidine rings is 1. The summed E-state index contributed by atoms with van der Waals surface area (Å²) in [5.74, 6) is 1.81. The highest BCUT2D eigenvalue weighted by molar-refractivity contribution is 5.93. The summed E-state index contributed by atoms with van der Waals surface area (Å²) in [6, 6.07) is 5.23. The van der Waals surface area contributed by atoms with Crippen LogP contribution in [-0.2, 0) is 13.6 Å². The fourth-order valence-corrected chi connectivity index (χ4v) is 3.66. The predicted molar refractivity (Wildman–Crippen MR) is 102 cm³/mol. The van der Waals surface area contributed by atoms with E-state index in [1.165, 1.54) is 0 Å². The van der Waals surface area contributed by atoms with E-state index in [2.05, 4.69) is 20.3 Å². The van der Waals surface area contributed by atoms with Gasteiger partial charge >= 0.3 is 0 Å². The summed E-state index contributed by atoms with van der Waals surface area (Å²) in [4.78, 5) is 29.2. The number of pyridine rings is 1. The molecule has 3 aromatic rings. The number of likely N-dealkylation sites (tertiary alicyclic amines) is 1. The summed E-state index contributed by atoms with van der Waals surface area (Å²) in [5.41, 5.74) is 0.612. The first-order valence-corrected chi connectivity index (χ1v) is 9.37. The average molecular weight is 381 g/mol. The summed E-state index contributed by atoms with van der Waals surface area (Å²) in [6.07, 6.45) is 5.22. The second-order valence-corrected chi connectivity index (χ2v) is 7.19. The van der Waals surface area contributed by atoms with E-state index in [0.717, 1.165) is 30.2 Å². The minimum Gasteiger partial charge on any atom is -0.338 e. The predicted octanol–water partition coefficient (Wildman–Crippen LogP) is 1.08. The van der Waals surface area contributed by atoms with E-state index in [9.17, 15) is 9.59 Å². The quantitative estimate of drug-likeness (QED) is 0.729. The van der Waals surface area contributed by atoms with Gasteiger partial charge in [0.15, 0.2) is 5.82 Å². The van der Waals surface area contributed by atoms with E-state index in [4.69, 9.17) is 0 Å². The van der Waals surface area contributed by atoms with Crippen molar-refractivity contribution in [1.29, 1.82) is 0 Å². The molecule has 9 nitrogen and oxygen atoms in total. The Balaban J connectivity index is 1.42. The van der Waals surface area contributed by atoms with E-state index in [0.29, 0.717) is 19.6 Å². The number of carbonyl (C=O) groups excluding carboxylic acids is 1. The third-order valence-electron chi connectivity index (χ3n) is 5.29. The van der Waals surface area contributed by atoms with Crippen molar-refractivity contribution in [3.8, 4) is 0 Å². The Morgan fingerprint density at radius 1 is 1.25 bits per heavy atom. The van der Waals surface area contributed by atoms with Crippen LogP contribution in [0.4, 0.5) is 0 Å². The molecule has 0 radical (unpaired) electrons. The molecule has 0 saturated carbocycles. The SMILES string of the molecule is Cc1ccc(C(=O)N2CCC(c3nnc(Cn4cccn4)n3C)CC2)c(=O)[nH]1. The minimum atomic E-state index is -0.330. The molecule has 0 aliphatic carbocycles. The highest BCUT2D eigenvalue weighted by atomic mass is 16.2. The van der Waals surface area contributed by atoms with Crippen LogP contribution in [0.5, 0.6) is 0 Å². The van der Waals surface area contributed by atoms with Crippen LogP contribution in [-0.4, -0.2) is 53.4 Å². The Labute approximate surface area is 162 Å². The molecule has 1 fully saturated rings. The van der Waals surface area contributed by atoms with Gasteiger partial charge in [-0.3, -0.25) is 14.3 Å². The van der Waals surface area contributed by atoms with Crippen LogP contribution >= 0.6 is 0 Å². The highest BCUT2D eigenvalue weighted by Crippen LogP contribution is 2.27. The average Bonchev–Trinajstić information content (AvgIpc) is 3.32. The summed E-state index contributed by atoms with van der Waals surface area (Å²) < 4.78 is 3.84. The number of rotatable bonds is 4. The van der Waals surface area contributed by atoms with Gasteiger partial charge in [-0.2, -0.15) is 5.10 Å². The van der Waals surface area contributed by atoms with Crippen LogP contribution in [0, 0.1) is 6.92 Å². The van der Waals surface area contributed by atoms with Crippen molar-refractivity contribution in [1.82, 2.24) is 34.4 Å². The van der Waals surface area contributed by atoms with Crippen LogP contribution < -0.4 is 5.56 Å². The lowest BCUT2D eigenvalue weighted by Crippen LogP contribution is -2.40. The maximum atomic E-state index is 12.7. The summed E-state index contributed by atoms with van der Waals surface area (Å²) in [5, 5.41) is 12.9. The normalized spacial score (nSPS) is 15.1. The number of carbonyl (C=O) groups is 1. The van der Waals surface area contributed by atoms with Gasteiger partial charge in [0.05, 0.1) is 0 Å². The van der Waals surface area contributed by atoms with E-state index in [1.807, 2.05) is 28.6 Å². The number of aromatic nitrogens is 6. The topological polar surface area (TPSA) is 102 Å². The van der Waals surface area contributed by atoms with Crippen LogP contribution in [0.25, 0.3) is 0 Å². The number of hydrogen-bond acceptors (Lipinski definition) is 5. The largest absolute Gasteiger partial charge is 0.338 e. The smallest absolute Gasteiger partial charge is 0.260 e. The number of amides is 1. The van der Waals surface area contributed by atoms with Crippen molar-refractivity contribution in [2.45, 2.75) is 32.2 Å². The van der Waals surface area contributed by atoms with Gasteiger partial charge in [-0.25, -0.2) is 0 Å². The maximum absolute atomic E-state index is 12.7. The molecular weight excluding hydrogens is 358 g/mol. The van der Waals surface area contributed by atoms with Gasteiger partial charge < -0.3 is 14.5 Å². The maximum Gasteiger partial charge on any atom is 0.260 e. The molecule has 1 N–H and O–H groups in total. The lowest BCUT2D eigenvalue weighted by Gasteiger charge is -2.31.